The van der Waals surface area contributed by atoms with Crippen LogP contribution in [0.5, 0.6) is 0 Å². The van der Waals surface area contributed by atoms with E-state index in [0.717, 1.165) is 17.1 Å². The number of para-hydroxylation sites is 2. The number of hydrogen-bond acceptors (Lipinski definition) is 2. The lowest BCUT2D eigenvalue weighted by Gasteiger charge is -2.09. The first-order valence-electron chi connectivity index (χ1n) is 4.85. The van der Waals surface area contributed by atoms with Gasteiger partial charge in [0.2, 0.25) is 0 Å². The highest BCUT2D eigenvalue weighted by Crippen LogP contribution is 2.18. The highest BCUT2D eigenvalue weighted by Gasteiger charge is 1.96. The first-order chi connectivity index (χ1) is 7.27. The molecule has 0 bridgehead atoms. The summed E-state index contributed by atoms with van der Waals surface area (Å²) in [6, 6.07) is 7.67. The largest absolute Gasteiger partial charge is 0.397 e. The van der Waals surface area contributed by atoms with Gasteiger partial charge in [-0.1, -0.05) is 36.9 Å². The monoisotopic (exact) mass is 200 g/mol. The Kier molecular flexibility index (Phi) is 4.23. The van der Waals surface area contributed by atoms with Crippen molar-refractivity contribution in [2.24, 2.45) is 0 Å². The lowest BCUT2D eigenvalue weighted by atomic mass is 10.2. The van der Waals surface area contributed by atoms with Gasteiger partial charge in [0.1, 0.15) is 0 Å². The number of anilines is 2. The van der Waals surface area contributed by atoms with Crippen LogP contribution in [0.3, 0.4) is 0 Å². The minimum Gasteiger partial charge on any atom is -0.397 e. The van der Waals surface area contributed by atoms with E-state index in [9.17, 15) is 0 Å². The lowest BCUT2D eigenvalue weighted by molar-refractivity contribution is 1.44. The van der Waals surface area contributed by atoms with Crippen LogP contribution in [-0.2, 0) is 0 Å². The molecule has 2 nitrogen and oxygen atoms in total. The Balaban J connectivity index is 2.80. The van der Waals surface area contributed by atoms with Crippen LogP contribution in [0.2, 0.25) is 0 Å². The minimum atomic E-state index is 0.740. The lowest BCUT2D eigenvalue weighted by Crippen LogP contribution is -1.99. The third-order valence-electron chi connectivity index (χ3n) is 1.96. The van der Waals surface area contributed by atoms with Gasteiger partial charge in [0.05, 0.1) is 11.4 Å². The second-order valence-electron chi connectivity index (χ2n) is 3.05. The molecule has 0 aliphatic heterocycles. The molecule has 0 aliphatic carbocycles. The molecule has 2 heteroatoms. The number of nitrogen functional groups attached to an aromatic ring is 1. The van der Waals surface area contributed by atoms with Gasteiger partial charge in [-0.2, -0.15) is 0 Å². The van der Waals surface area contributed by atoms with E-state index in [1.165, 1.54) is 0 Å². The summed E-state index contributed by atoms with van der Waals surface area (Å²) in [5, 5.41) is 3.23. The van der Waals surface area contributed by atoms with Crippen LogP contribution >= 0.6 is 0 Å². The third-order valence-corrected chi connectivity index (χ3v) is 1.96. The van der Waals surface area contributed by atoms with Gasteiger partial charge in [-0.3, -0.25) is 0 Å². The molecule has 0 atom stereocenters. The molecule has 0 saturated carbocycles. The van der Waals surface area contributed by atoms with Crippen molar-refractivity contribution in [1.82, 2.24) is 0 Å². The molecule has 0 saturated heterocycles. The maximum Gasteiger partial charge on any atom is 0.0617 e. The van der Waals surface area contributed by atoms with Crippen LogP contribution in [0.25, 0.3) is 0 Å². The topological polar surface area (TPSA) is 38.0 Å². The zero-order valence-electron chi connectivity index (χ0n) is 8.90. The van der Waals surface area contributed by atoms with Crippen LogP contribution in [0.15, 0.2) is 60.8 Å². The summed E-state index contributed by atoms with van der Waals surface area (Å²) in [4.78, 5) is 0. The quantitative estimate of drug-likeness (QED) is 0.578. The second kappa shape index (κ2) is 5.70. The molecule has 15 heavy (non-hydrogen) atoms. The van der Waals surface area contributed by atoms with Crippen LogP contribution < -0.4 is 11.1 Å². The van der Waals surface area contributed by atoms with Crippen molar-refractivity contribution in [2.75, 3.05) is 11.1 Å². The van der Waals surface area contributed by atoms with Gasteiger partial charge >= 0.3 is 0 Å². The van der Waals surface area contributed by atoms with E-state index in [4.69, 9.17) is 5.73 Å². The van der Waals surface area contributed by atoms with Gasteiger partial charge in [0.25, 0.3) is 0 Å². The summed E-state index contributed by atoms with van der Waals surface area (Å²) in [5.41, 5.74) is 8.47. The van der Waals surface area contributed by atoms with E-state index in [1.54, 1.807) is 6.08 Å². The van der Waals surface area contributed by atoms with Gasteiger partial charge in [-0.15, -0.1) is 0 Å². The SMILES string of the molecule is C=C/C=C\C(=C/C)Nc1ccccc1N. The van der Waals surface area contributed by atoms with Crippen LogP contribution in [-0.4, -0.2) is 0 Å². The Morgan fingerprint density at radius 2 is 2.13 bits per heavy atom. The molecular formula is C13H16N2. The Bertz CT molecular complexity index is 389. The number of hydrogen-bond donors (Lipinski definition) is 2. The molecule has 0 radical (unpaired) electrons. The Morgan fingerprint density at radius 1 is 1.40 bits per heavy atom. The van der Waals surface area contributed by atoms with Gasteiger partial charge < -0.3 is 11.1 Å². The van der Waals surface area contributed by atoms with Gasteiger partial charge in [-0.25, -0.2) is 0 Å². The van der Waals surface area contributed by atoms with Crippen molar-refractivity contribution in [3.05, 3.63) is 60.8 Å². The first-order valence-corrected chi connectivity index (χ1v) is 4.85. The molecule has 0 spiro atoms. The van der Waals surface area contributed by atoms with Crippen LogP contribution in [0.1, 0.15) is 6.92 Å². The summed E-state index contributed by atoms with van der Waals surface area (Å²) in [5.74, 6) is 0. The maximum atomic E-state index is 5.82. The van der Waals surface area contributed by atoms with E-state index in [0.29, 0.717) is 0 Å². The van der Waals surface area contributed by atoms with E-state index in [2.05, 4.69) is 11.9 Å². The van der Waals surface area contributed by atoms with Gasteiger partial charge in [0.15, 0.2) is 0 Å². The maximum absolute atomic E-state index is 5.82. The van der Waals surface area contributed by atoms with E-state index in [-0.39, 0.29) is 0 Å². The van der Waals surface area contributed by atoms with Crippen molar-refractivity contribution in [2.45, 2.75) is 6.92 Å². The molecule has 1 aromatic carbocycles. The van der Waals surface area contributed by atoms with Gasteiger partial charge in [0, 0.05) is 5.70 Å². The molecule has 3 N–H and O–H groups in total. The van der Waals surface area contributed by atoms with Crippen molar-refractivity contribution in [3.63, 3.8) is 0 Å². The summed E-state index contributed by atoms with van der Waals surface area (Å²) in [6.45, 7) is 5.59. The third kappa shape index (κ3) is 3.35. The average Bonchev–Trinajstić information content (AvgIpc) is 2.26. The van der Waals surface area contributed by atoms with E-state index < -0.39 is 0 Å². The molecule has 0 heterocycles. The Hall–Kier alpha value is -1.96. The number of allylic oxidation sites excluding steroid dienone is 4. The zero-order chi connectivity index (χ0) is 11.1. The number of rotatable bonds is 4. The molecule has 1 rings (SSSR count). The van der Waals surface area contributed by atoms with Crippen molar-refractivity contribution in [1.29, 1.82) is 0 Å². The highest BCUT2D eigenvalue weighted by molar-refractivity contribution is 5.68. The number of benzene rings is 1. The fourth-order valence-corrected chi connectivity index (χ4v) is 1.15. The summed E-state index contributed by atoms with van der Waals surface area (Å²) >= 11 is 0. The number of nitrogens with one attached hydrogen (secondary N) is 1. The van der Waals surface area contributed by atoms with Crippen LogP contribution in [0, 0.1) is 0 Å². The standard InChI is InChI=1S/C13H16N2/c1-3-5-8-11(4-2)15-13-10-7-6-9-12(13)14/h3-10,15H,1,14H2,2H3/b8-5-,11-4+. The smallest absolute Gasteiger partial charge is 0.0617 e. The van der Waals surface area contributed by atoms with Crippen molar-refractivity contribution >= 4 is 11.4 Å². The van der Waals surface area contributed by atoms with Gasteiger partial charge in [-0.05, 0) is 25.1 Å². The summed E-state index contributed by atoms with van der Waals surface area (Å²) in [7, 11) is 0. The molecule has 0 amide bonds. The minimum absolute atomic E-state index is 0.740. The fourth-order valence-electron chi connectivity index (χ4n) is 1.15. The molecule has 0 unspecified atom stereocenters. The molecule has 0 fully saturated rings. The zero-order valence-corrected chi connectivity index (χ0v) is 8.90. The molecule has 1 aromatic rings. The summed E-state index contributed by atoms with van der Waals surface area (Å²) in [6.07, 6.45) is 7.53. The Morgan fingerprint density at radius 3 is 2.73 bits per heavy atom. The molecule has 78 valence electrons. The Labute approximate surface area is 90.8 Å². The molecule has 0 aromatic heterocycles. The highest BCUT2D eigenvalue weighted by atomic mass is 14.9. The van der Waals surface area contributed by atoms with Crippen molar-refractivity contribution in [3.8, 4) is 0 Å². The first kappa shape index (κ1) is 11.1. The summed E-state index contributed by atoms with van der Waals surface area (Å²) < 4.78 is 0. The fraction of sp³-hybridized carbons (Fsp3) is 0.0769. The van der Waals surface area contributed by atoms with E-state index in [1.807, 2.05) is 49.4 Å². The molecule has 0 aliphatic rings. The van der Waals surface area contributed by atoms with E-state index >= 15 is 0 Å². The predicted molar refractivity (Wildman–Crippen MR) is 67.6 cm³/mol. The average molecular weight is 200 g/mol. The normalized spacial score (nSPS) is 11.7. The number of nitrogens with two attached hydrogens (primary N) is 1. The predicted octanol–water partition coefficient (Wildman–Crippen LogP) is 3.33. The van der Waals surface area contributed by atoms with Crippen molar-refractivity contribution < 1.29 is 0 Å². The molecular weight excluding hydrogens is 184 g/mol. The van der Waals surface area contributed by atoms with Crippen LogP contribution in [0.4, 0.5) is 11.4 Å². The second-order valence-corrected chi connectivity index (χ2v) is 3.05.